The molecule has 1 fully saturated rings. The van der Waals surface area contributed by atoms with Crippen LogP contribution in [0.15, 0.2) is 47.5 Å². The van der Waals surface area contributed by atoms with E-state index < -0.39 is 5.25 Å². The second-order valence-corrected chi connectivity index (χ2v) is 7.68. The number of hydrogen-bond acceptors (Lipinski definition) is 5. The van der Waals surface area contributed by atoms with Gasteiger partial charge in [-0.3, -0.25) is 9.59 Å². The lowest BCUT2D eigenvalue weighted by molar-refractivity contribution is -0.122. The van der Waals surface area contributed by atoms with Gasteiger partial charge >= 0.3 is 0 Å². The molecule has 2 aromatic carbocycles. The molecule has 1 heterocycles. The van der Waals surface area contributed by atoms with Gasteiger partial charge in [-0.05, 0) is 68.3 Å². The number of amides is 2. The average molecular weight is 398 g/mol. The Morgan fingerprint density at radius 2 is 1.93 bits per heavy atom. The summed E-state index contributed by atoms with van der Waals surface area (Å²) >= 11 is 1.28. The van der Waals surface area contributed by atoms with E-state index in [0.29, 0.717) is 17.5 Å². The Kier molecular flexibility index (Phi) is 6.36. The number of thioether (sulfide) groups is 1. The predicted octanol–water partition coefficient (Wildman–Crippen LogP) is 3.95. The zero-order valence-electron chi connectivity index (χ0n) is 16.1. The number of benzene rings is 2. The average Bonchev–Trinajstić information content (AvgIpc) is 2.99. The first-order chi connectivity index (χ1) is 13.4. The first kappa shape index (κ1) is 19.9. The van der Waals surface area contributed by atoms with Crippen LogP contribution >= 0.6 is 11.8 Å². The monoisotopic (exact) mass is 397 g/mol. The number of anilines is 1. The number of aryl methyl sites for hydroxylation is 2. The summed E-state index contributed by atoms with van der Waals surface area (Å²) in [6.45, 7) is 6.56. The van der Waals surface area contributed by atoms with Crippen LogP contribution in [-0.2, 0) is 9.59 Å². The van der Waals surface area contributed by atoms with Crippen LogP contribution in [0.3, 0.4) is 0 Å². The predicted molar refractivity (Wildman–Crippen MR) is 113 cm³/mol. The van der Waals surface area contributed by atoms with Gasteiger partial charge in [0, 0.05) is 12.1 Å². The summed E-state index contributed by atoms with van der Waals surface area (Å²) in [7, 11) is 0. The molecule has 2 N–H and O–H groups in total. The van der Waals surface area contributed by atoms with Crippen molar-refractivity contribution in [1.82, 2.24) is 5.32 Å². The van der Waals surface area contributed by atoms with Crippen LogP contribution in [0.5, 0.6) is 5.75 Å². The molecular formula is C21H23N3O3S. The van der Waals surface area contributed by atoms with Gasteiger partial charge in [0.25, 0.3) is 0 Å². The SMILES string of the molecule is CCOc1ccc(NC(=O)C[C@@H]2SC(=Nc3ccc(C)c(C)c3)NC2=O)cc1. The van der Waals surface area contributed by atoms with E-state index in [4.69, 9.17) is 4.74 Å². The number of nitrogens with one attached hydrogen (secondary N) is 2. The van der Waals surface area contributed by atoms with Crippen LogP contribution in [0.25, 0.3) is 0 Å². The molecule has 2 aromatic rings. The van der Waals surface area contributed by atoms with Crippen molar-refractivity contribution in [3.05, 3.63) is 53.6 Å². The van der Waals surface area contributed by atoms with Crippen molar-refractivity contribution in [2.24, 2.45) is 4.99 Å². The lowest BCUT2D eigenvalue weighted by Crippen LogP contribution is -2.28. The van der Waals surface area contributed by atoms with Gasteiger partial charge in [-0.1, -0.05) is 17.8 Å². The highest BCUT2D eigenvalue weighted by molar-refractivity contribution is 8.15. The van der Waals surface area contributed by atoms with Crippen LogP contribution < -0.4 is 15.4 Å². The summed E-state index contributed by atoms with van der Waals surface area (Å²) in [5, 5.41) is 5.59. The standard InChI is InChI=1S/C21H23N3O3S/c1-4-27-17-9-7-15(8-10-17)22-19(25)12-18-20(26)24-21(28-18)23-16-6-5-13(2)14(3)11-16/h5-11,18H,4,12H2,1-3H3,(H,22,25)(H,23,24,26)/t18-/m0/s1. The Bertz CT molecular complexity index is 910. The van der Waals surface area contributed by atoms with Gasteiger partial charge in [0.05, 0.1) is 12.3 Å². The molecule has 1 aliphatic heterocycles. The van der Waals surface area contributed by atoms with E-state index in [0.717, 1.165) is 17.0 Å². The number of aliphatic imine (C=N–C) groups is 1. The molecule has 1 aliphatic rings. The van der Waals surface area contributed by atoms with Crippen LogP contribution in [0.4, 0.5) is 11.4 Å². The lowest BCUT2D eigenvalue weighted by Gasteiger charge is -2.08. The van der Waals surface area contributed by atoms with Crippen molar-refractivity contribution in [2.45, 2.75) is 32.4 Å². The lowest BCUT2D eigenvalue weighted by atomic mass is 10.1. The Labute approximate surface area is 168 Å². The topological polar surface area (TPSA) is 79.8 Å². The Morgan fingerprint density at radius 1 is 1.18 bits per heavy atom. The largest absolute Gasteiger partial charge is 0.494 e. The highest BCUT2D eigenvalue weighted by Gasteiger charge is 2.32. The minimum absolute atomic E-state index is 0.0790. The quantitative estimate of drug-likeness (QED) is 0.773. The van der Waals surface area contributed by atoms with E-state index in [1.807, 2.05) is 39.0 Å². The highest BCUT2D eigenvalue weighted by Crippen LogP contribution is 2.26. The summed E-state index contributed by atoms with van der Waals surface area (Å²) in [6, 6.07) is 13.0. The molecule has 1 atom stereocenters. The number of ether oxygens (including phenoxy) is 1. The number of nitrogens with zero attached hydrogens (tertiary/aromatic N) is 1. The summed E-state index contributed by atoms with van der Waals surface area (Å²) in [5.41, 5.74) is 3.78. The van der Waals surface area contributed by atoms with Crippen molar-refractivity contribution in [3.8, 4) is 5.75 Å². The smallest absolute Gasteiger partial charge is 0.240 e. The minimum Gasteiger partial charge on any atom is -0.494 e. The van der Waals surface area contributed by atoms with Crippen molar-refractivity contribution in [3.63, 3.8) is 0 Å². The normalized spacial score (nSPS) is 17.5. The Hall–Kier alpha value is -2.80. The zero-order valence-corrected chi connectivity index (χ0v) is 16.9. The van der Waals surface area contributed by atoms with Gasteiger partial charge < -0.3 is 15.4 Å². The van der Waals surface area contributed by atoms with Gasteiger partial charge in [-0.2, -0.15) is 0 Å². The molecule has 6 nitrogen and oxygen atoms in total. The fraction of sp³-hybridized carbons (Fsp3) is 0.286. The third-order valence-electron chi connectivity index (χ3n) is 4.32. The first-order valence-corrected chi connectivity index (χ1v) is 9.98. The van der Waals surface area contributed by atoms with Crippen molar-refractivity contribution in [1.29, 1.82) is 0 Å². The van der Waals surface area contributed by atoms with Gasteiger partial charge in [-0.15, -0.1) is 0 Å². The van der Waals surface area contributed by atoms with Gasteiger partial charge in [-0.25, -0.2) is 4.99 Å². The number of carbonyl (C=O) groups excluding carboxylic acids is 2. The van der Waals surface area contributed by atoms with E-state index in [1.165, 1.54) is 17.3 Å². The van der Waals surface area contributed by atoms with E-state index in [1.54, 1.807) is 24.3 Å². The summed E-state index contributed by atoms with van der Waals surface area (Å²) in [6.07, 6.45) is 0.0790. The molecule has 1 saturated heterocycles. The number of hydrogen-bond donors (Lipinski definition) is 2. The zero-order chi connectivity index (χ0) is 20.1. The van der Waals surface area contributed by atoms with E-state index in [2.05, 4.69) is 15.6 Å². The summed E-state index contributed by atoms with van der Waals surface area (Å²) in [5.74, 6) is 0.331. The molecule has 0 saturated carbocycles. The maximum absolute atomic E-state index is 12.3. The second kappa shape index (κ2) is 8.93. The Balaban J connectivity index is 1.58. The second-order valence-electron chi connectivity index (χ2n) is 6.49. The number of amidine groups is 1. The fourth-order valence-electron chi connectivity index (χ4n) is 2.69. The number of rotatable bonds is 6. The van der Waals surface area contributed by atoms with E-state index >= 15 is 0 Å². The third kappa shape index (κ3) is 5.13. The fourth-order valence-corrected chi connectivity index (χ4v) is 3.67. The molecule has 7 heteroatoms. The van der Waals surface area contributed by atoms with Crippen molar-refractivity contribution < 1.29 is 14.3 Å². The van der Waals surface area contributed by atoms with Crippen LogP contribution in [-0.4, -0.2) is 28.8 Å². The third-order valence-corrected chi connectivity index (χ3v) is 5.40. The molecule has 0 radical (unpaired) electrons. The van der Waals surface area contributed by atoms with Crippen molar-refractivity contribution >= 4 is 40.1 Å². The molecule has 0 spiro atoms. The molecule has 2 amide bonds. The molecule has 0 aromatic heterocycles. The molecule has 3 rings (SSSR count). The number of carbonyl (C=O) groups is 2. The Morgan fingerprint density at radius 3 is 2.61 bits per heavy atom. The molecule has 0 bridgehead atoms. The molecule has 28 heavy (non-hydrogen) atoms. The van der Waals surface area contributed by atoms with Crippen LogP contribution in [0.1, 0.15) is 24.5 Å². The summed E-state index contributed by atoms with van der Waals surface area (Å²) < 4.78 is 5.38. The molecular weight excluding hydrogens is 374 g/mol. The van der Waals surface area contributed by atoms with Crippen LogP contribution in [0, 0.1) is 13.8 Å². The molecule has 146 valence electrons. The first-order valence-electron chi connectivity index (χ1n) is 9.11. The van der Waals surface area contributed by atoms with Crippen molar-refractivity contribution in [2.75, 3.05) is 11.9 Å². The maximum atomic E-state index is 12.3. The van der Waals surface area contributed by atoms with Gasteiger partial charge in [0.2, 0.25) is 11.8 Å². The van der Waals surface area contributed by atoms with E-state index in [-0.39, 0.29) is 18.2 Å². The van der Waals surface area contributed by atoms with Gasteiger partial charge in [0.1, 0.15) is 11.0 Å². The van der Waals surface area contributed by atoms with Crippen LogP contribution in [0.2, 0.25) is 0 Å². The van der Waals surface area contributed by atoms with E-state index in [9.17, 15) is 9.59 Å². The highest BCUT2D eigenvalue weighted by atomic mass is 32.2. The van der Waals surface area contributed by atoms with Gasteiger partial charge in [0.15, 0.2) is 5.17 Å². The molecule has 0 unspecified atom stereocenters. The molecule has 0 aliphatic carbocycles. The maximum Gasteiger partial charge on any atom is 0.240 e. The minimum atomic E-state index is -0.493. The summed E-state index contributed by atoms with van der Waals surface area (Å²) in [4.78, 5) is 29.0.